The largest absolute Gasteiger partial charge is 0.397 e. The zero-order valence-corrected chi connectivity index (χ0v) is 12.6. The minimum Gasteiger partial charge on any atom is -0.397 e. The Kier molecular flexibility index (Phi) is 4.42. The van der Waals surface area contributed by atoms with Gasteiger partial charge in [-0.1, -0.05) is 6.07 Å². The van der Waals surface area contributed by atoms with Gasteiger partial charge in [-0.15, -0.1) is 11.3 Å². The summed E-state index contributed by atoms with van der Waals surface area (Å²) < 4.78 is 14.4. The molecular weight excluding hydrogens is 293 g/mol. The van der Waals surface area contributed by atoms with Crippen molar-refractivity contribution in [2.24, 2.45) is 0 Å². The lowest BCUT2D eigenvalue weighted by atomic mass is 10.2. The molecule has 112 valence electrons. The highest BCUT2D eigenvalue weighted by Gasteiger charge is 2.23. The Morgan fingerprint density at radius 3 is 2.71 bits per heavy atom. The second kappa shape index (κ2) is 6.09. The summed E-state index contributed by atoms with van der Waals surface area (Å²) in [5.41, 5.74) is 6.05. The minimum atomic E-state index is -0.449. The van der Waals surface area contributed by atoms with E-state index in [4.69, 9.17) is 5.73 Å². The number of benzene rings is 1. The normalized spacial score (nSPS) is 10.6. The highest BCUT2D eigenvalue weighted by Crippen LogP contribution is 2.35. The lowest BCUT2D eigenvalue weighted by molar-refractivity contribution is -0.121. The summed E-state index contributed by atoms with van der Waals surface area (Å²) in [5.74, 6) is -1.08. The fourth-order valence-electron chi connectivity index (χ4n) is 2.01. The third-order valence-corrected chi connectivity index (χ3v) is 4.34. The van der Waals surface area contributed by atoms with Gasteiger partial charge < -0.3 is 16.0 Å². The van der Waals surface area contributed by atoms with Gasteiger partial charge in [-0.25, -0.2) is 4.39 Å². The van der Waals surface area contributed by atoms with Crippen molar-refractivity contribution >= 4 is 38.9 Å². The zero-order valence-electron chi connectivity index (χ0n) is 11.8. The predicted octanol–water partition coefficient (Wildman–Crippen LogP) is 1.83. The van der Waals surface area contributed by atoms with Crippen LogP contribution in [0.5, 0.6) is 0 Å². The summed E-state index contributed by atoms with van der Waals surface area (Å²) in [4.78, 5) is 25.6. The molecule has 0 saturated heterocycles. The Hall–Kier alpha value is -2.15. The molecule has 2 aromatic rings. The lowest BCUT2D eigenvalue weighted by Crippen LogP contribution is -2.39. The minimum absolute atomic E-state index is 0.0536. The molecule has 0 unspecified atom stereocenters. The average molecular weight is 309 g/mol. The van der Waals surface area contributed by atoms with Crippen LogP contribution in [0.3, 0.4) is 0 Å². The molecule has 2 amide bonds. The number of hydrogen-bond donors (Lipinski definition) is 2. The van der Waals surface area contributed by atoms with Gasteiger partial charge in [0, 0.05) is 18.3 Å². The number of nitrogens with one attached hydrogen (secondary N) is 1. The van der Waals surface area contributed by atoms with E-state index in [1.165, 1.54) is 18.0 Å². The highest BCUT2D eigenvalue weighted by atomic mass is 32.1. The highest BCUT2D eigenvalue weighted by molar-refractivity contribution is 7.21. The fourth-order valence-corrected chi connectivity index (χ4v) is 3.12. The second-order valence-corrected chi connectivity index (χ2v) is 5.50. The Labute approximate surface area is 125 Å². The maximum absolute atomic E-state index is 13.8. The van der Waals surface area contributed by atoms with Crippen LogP contribution in [-0.4, -0.2) is 36.9 Å². The summed E-state index contributed by atoms with van der Waals surface area (Å²) >= 11 is 1.14. The molecule has 0 aliphatic rings. The molecule has 1 aromatic carbocycles. The number of carbonyl (C=O) groups excluding carboxylic acids is 2. The summed E-state index contributed by atoms with van der Waals surface area (Å²) in [5, 5.41) is 2.73. The number of rotatable bonds is 4. The molecule has 0 radical (unpaired) electrons. The van der Waals surface area contributed by atoms with E-state index in [0.717, 1.165) is 11.3 Å². The molecule has 0 aliphatic heterocycles. The van der Waals surface area contributed by atoms with Gasteiger partial charge in [-0.3, -0.25) is 9.59 Å². The van der Waals surface area contributed by atoms with Gasteiger partial charge in [-0.05, 0) is 19.1 Å². The van der Waals surface area contributed by atoms with Crippen LogP contribution in [0, 0.1) is 5.82 Å². The summed E-state index contributed by atoms with van der Waals surface area (Å²) in [6, 6.07) is 4.59. The molecule has 7 heteroatoms. The van der Waals surface area contributed by atoms with Crippen molar-refractivity contribution in [2.75, 3.05) is 25.9 Å². The van der Waals surface area contributed by atoms with E-state index in [1.54, 1.807) is 19.1 Å². The Morgan fingerprint density at radius 1 is 1.43 bits per heavy atom. The SMILES string of the molecule is CCN(CC(=O)NC)C(=O)c1sc2cccc(F)c2c1N. The number of fused-ring (bicyclic) bond motifs is 1. The van der Waals surface area contributed by atoms with Crippen molar-refractivity contribution in [3.63, 3.8) is 0 Å². The zero-order chi connectivity index (χ0) is 15.6. The topological polar surface area (TPSA) is 75.4 Å². The number of hydrogen-bond acceptors (Lipinski definition) is 4. The van der Waals surface area contributed by atoms with E-state index in [-0.39, 0.29) is 34.3 Å². The quantitative estimate of drug-likeness (QED) is 0.905. The maximum Gasteiger partial charge on any atom is 0.266 e. The number of halogens is 1. The molecule has 1 heterocycles. The smallest absolute Gasteiger partial charge is 0.266 e. The maximum atomic E-state index is 13.8. The first kappa shape index (κ1) is 15.2. The number of nitrogens with zero attached hydrogens (tertiary/aromatic N) is 1. The second-order valence-electron chi connectivity index (χ2n) is 4.45. The van der Waals surface area contributed by atoms with Gasteiger partial charge in [0.05, 0.1) is 17.6 Å². The third kappa shape index (κ3) is 2.82. The van der Waals surface area contributed by atoms with Crippen LogP contribution >= 0.6 is 11.3 Å². The van der Waals surface area contributed by atoms with Crippen molar-refractivity contribution in [2.45, 2.75) is 6.92 Å². The average Bonchev–Trinajstić information content (AvgIpc) is 2.82. The molecule has 0 bridgehead atoms. The standard InChI is InChI=1S/C14H16FN3O2S/c1-3-18(7-10(19)17-2)14(20)13-12(16)11-8(15)5-4-6-9(11)21-13/h4-6H,3,7,16H2,1-2H3,(H,17,19). The first-order valence-corrected chi connectivity index (χ1v) is 7.27. The number of amides is 2. The number of nitrogen functional groups attached to an aromatic ring is 1. The number of anilines is 1. The summed E-state index contributed by atoms with van der Waals surface area (Å²) in [6.45, 7) is 2.08. The molecule has 2 rings (SSSR count). The molecule has 0 fully saturated rings. The van der Waals surface area contributed by atoms with Gasteiger partial charge in [0.2, 0.25) is 5.91 Å². The Balaban J connectivity index is 2.41. The van der Waals surface area contributed by atoms with Crippen molar-refractivity contribution in [1.82, 2.24) is 10.2 Å². The molecule has 5 nitrogen and oxygen atoms in total. The van der Waals surface area contributed by atoms with Crippen LogP contribution in [0.1, 0.15) is 16.6 Å². The number of carbonyl (C=O) groups is 2. The van der Waals surface area contributed by atoms with Crippen molar-refractivity contribution < 1.29 is 14.0 Å². The summed E-state index contributed by atoms with van der Waals surface area (Å²) in [7, 11) is 1.50. The van der Waals surface area contributed by atoms with E-state index < -0.39 is 5.82 Å². The molecule has 0 aliphatic carbocycles. The Bertz CT molecular complexity index is 699. The first-order valence-electron chi connectivity index (χ1n) is 6.45. The molecule has 21 heavy (non-hydrogen) atoms. The monoisotopic (exact) mass is 309 g/mol. The molecular formula is C14H16FN3O2S. The predicted molar refractivity (Wildman–Crippen MR) is 81.8 cm³/mol. The van der Waals surface area contributed by atoms with Gasteiger partial charge in [0.25, 0.3) is 5.91 Å². The van der Waals surface area contributed by atoms with E-state index in [0.29, 0.717) is 11.2 Å². The van der Waals surface area contributed by atoms with Gasteiger partial charge >= 0.3 is 0 Å². The van der Waals surface area contributed by atoms with E-state index in [2.05, 4.69) is 5.32 Å². The molecule has 0 atom stereocenters. The van der Waals surface area contributed by atoms with Crippen molar-refractivity contribution in [3.05, 3.63) is 28.9 Å². The van der Waals surface area contributed by atoms with E-state index >= 15 is 0 Å². The third-order valence-electron chi connectivity index (χ3n) is 3.18. The van der Waals surface area contributed by atoms with E-state index in [1.807, 2.05) is 0 Å². The van der Waals surface area contributed by atoms with Crippen LogP contribution in [0.25, 0.3) is 10.1 Å². The fraction of sp³-hybridized carbons (Fsp3) is 0.286. The van der Waals surface area contributed by atoms with Crippen LogP contribution in [0.2, 0.25) is 0 Å². The number of thiophene rings is 1. The molecule has 3 N–H and O–H groups in total. The van der Waals surface area contributed by atoms with Crippen LogP contribution in [0.4, 0.5) is 10.1 Å². The van der Waals surface area contributed by atoms with Gasteiger partial charge in [-0.2, -0.15) is 0 Å². The van der Waals surface area contributed by atoms with Gasteiger partial charge in [0.15, 0.2) is 0 Å². The van der Waals surface area contributed by atoms with E-state index in [9.17, 15) is 14.0 Å². The number of likely N-dealkylation sites (N-methyl/N-ethyl adjacent to an activating group) is 2. The molecule has 1 aromatic heterocycles. The molecule has 0 saturated carbocycles. The summed E-state index contributed by atoms with van der Waals surface area (Å²) in [6.07, 6.45) is 0. The van der Waals surface area contributed by atoms with Gasteiger partial charge in [0.1, 0.15) is 10.7 Å². The van der Waals surface area contributed by atoms with Crippen molar-refractivity contribution in [3.8, 4) is 0 Å². The Morgan fingerprint density at radius 2 is 2.14 bits per heavy atom. The number of nitrogens with two attached hydrogens (primary N) is 1. The van der Waals surface area contributed by atoms with Crippen LogP contribution < -0.4 is 11.1 Å². The first-order chi connectivity index (χ1) is 9.99. The van der Waals surface area contributed by atoms with Crippen LogP contribution in [-0.2, 0) is 4.79 Å². The molecule has 0 spiro atoms. The lowest BCUT2D eigenvalue weighted by Gasteiger charge is -2.19. The van der Waals surface area contributed by atoms with Crippen molar-refractivity contribution in [1.29, 1.82) is 0 Å². The van der Waals surface area contributed by atoms with Crippen LogP contribution in [0.15, 0.2) is 18.2 Å².